The average molecular weight is 327 g/mol. The van der Waals surface area contributed by atoms with Crippen LogP contribution in [0.3, 0.4) is 0 Å². The van der Waals surface area contributed by atoms with E-state index in [1.54, 1.807) is 17.1 Å². The largest absolute Gasteiger partial charge is 0.348 e. The van der Waals surface area contributed by atoms with Crippen molar-refractivity contribution in [3.63, 3.8) is 0 Å². The molecular weight excluding hydrogens is 302 g/mol. The first-order chi connectivity index (χ1) is 11.7. The van der Waals surface area contributed by atoms with Crippen LogP contribution in [-0.2, 0) is 6.54 Å². The Hall–Kier alpha value is -2.24. The first-order valence-corrected chi connectivity index (χ1v) is 8.81. The zero-order valence-corrected chi connectivity index (χ0v) is 14.2. The summed E-state index contributed by atoms with van der Waals surface area (Å²) in [5.74, 6) is 0.597. The average Bonchev–Trinajstić information content (AvgIpc) is 3.05. The molecular formula is C18H25N5O. The second-order valence-corrected chi connectivity index (χ2v) is 6.74. The number of pyridine rings is 1. The maximum Gasteiger partial charge on any atom is 0.273 e. The lowest BCUT2D eigenvalue weighted by Crippen LogP contribution is -2.34. The van der Waals surface area contributed by atoms with Crippen LogP contribution in [0.15, 0.2) is 30.6 Å². The van der Waals surface area contributed by atoms with Crippen LogP contribution in [0.1, 0.15) is 61.6 Å². The molecule has 1 N–H and O–H groups in total. The van der Waals surface area contributed by atoms with Crippen LogP contribution in [0.25, 0.3) is 0 Å². The molecule has 0 unspecified atom stereocenters. The highest BCUT2D eigenvalue weighted by molar-refractivity contribution is 5.92. The van der Waals surface area contributed by atoms with Gasteiger partial charge in [0.1, 0.15) is 0 Å². The summed E-state index contributed by atoms with van der Waals surface area (Å²) in [4.78, 5) is 16.6. The van der Waals surface area contributed by atoms with Gasteiger partial charge in [0.2, 0.25) is 0 Å². The number of carbonyl (C=O) groups excluding carboxylic acids is 1. The fourth-order valence-corrected chi connectivity index (χ4v) is 3.42. The van der Waals surface area contributed by atoms with Gasteiger partial charge < -0.3 is 5.32 Å². The number of hydrogen-bond donors (Lipinski definition) is 1. The molecule has 0 aliphatic heterocycles. The topological polar surface area (TPSA) is 72.7 Å². The number of amides is 1. The van der Waals surface area contributed by atoms with E-state index in [9.17, 15) is 4.79 Å². The quantitative estimate of drug-likeness (QED) is 0.885. The van der Waals surface area contributed by atoms with Gasteiger partial charge in [-0.15, -0.1) is 5.10 Å². The fourth-order valence-electron chi connectivity index (χ4n) is 3.42. The van der Waals surface area contributed by atoms with E-state index in [0.717, 1.165) is 18.0 Å². The van der Waals surface area contributed by atoms with E-state index < -0.39 is 0 Å². The van der Waals surface area contributed by atoms with Crippen molar-refractivity contribution >= 4 is 5.91 Å². The van der Waals surface area contributed by atoms with Gasteiger partial charge in [0.05, 0.1) is 18.4 Å². The smallest absolute Gasteiger partial charge is 0.273 e. The van der Waals surface area contributed by atoms with E-state index in [1.165, 1.54) is 32.1 Å². The Bertz CT molecular complexity index is 648. The maximum atomic E-state index is 12.3. The number of nitrogens with one attached hydrogen (secondary N) is 1. The molecule has 2 aromatic rings. The van der Waals surface area contributed by atoms with Gasteiger partial charge in [0, 0.05) is 12.2 Å². The predicted octanol–water partition coefficient (Wildman–Crippen LogP) is 2.81. The van der Waals surface area contributed by atoms with Crippen LogP contribution in [0, 0.1) is 5.92 Å². The summed E-state index contributed by atoms with van der Waals surface area (Å²) in [7, 11) is 0. The van der Waals surface area contributed by atoms with Crippen LogP contribution in [-0.4, -0.2) is 31.9 Å². The van der Waals surface area contributed by atoms with Crippen molar-refractivity contribution in [2.75, 3.05) is 0 Å². The molecule has 1 aliphatic rings. The Kier molecular flexibility index (Phi) is 5.56. The molecule has 6 heteroatoms. The summed E-state index contributed by atoms with van der Waals surface area (Å²) in [6.07, 6.45) is 11.1. The SMILES string of the molecule is C[C@H](CC1CCCCC1)NC(=O)c1cn(Cc2ccccn2)nn1. The van der Waals surface area contributed by atoms with Crippen LogP contribution < -0.4 is 5.32 Å². The minimum Gasteiger partial charge on any atom is -0.348 e. The standard InChI is InChI=1S/C18H25N5O/c1-14(11-15-7-3-2-4-8-15)20-18(24)17-13-23(22-21-17)12-16-9-5-6-10-19-16/h5-6,9-10,13-15H,2-4,7-8,11-12H2,1H3,(H,20,24)/t14-/m1/s1. The fraction of sp³-hybridized carbons (Fsp3) is 0.556. The van der Waals surface area contributed by atoms with Gasteiger partial charge in [-0.2, -0.15) is 0 Å². The molecule has 2 aromatic heterocycles. The van der Waals surface area contributed by atoms with E-state index in [1.807, 2.05) is 18.2 Å². The highest BCUT2D eigenvalue weighted by atomic mass is 16.2. The third kappa shape index (κ3) is 4.63. The second kappa shape index (κ2) is 8.04. The maximum absolute atomic E-state index is 12.3. The summed E-state index contributed by atoms with van der Waals surface area (Å²) in [6, 6.07) is 5.90. The number of nitrogens with zero attached hydrogens (tertiary/aromatic N) is 4. The van der Waals surface area contributed by atoms with Crippen molar-refractivity contribution in [2.45, 2.75) is 58.0 Å². The third-order valence-electron chi connectivity index (χ3n) is 4.61. The van der Waals surface area contributed by atoms with Gasteiger partial charge in [0.15, 0.2) is 5.69 Å². The molecule has 0 radical (unpaired) electrons. The third-order valence-corrected chi connectivity index (χ3v) is 4.61. The zero-order chi connectivity index (χ0) is 16.8. The van der Waals surface area contributed by atoms with E-state index in [-0.39, 0.29) is 11.9 Å². The van der Waals surface area contributed by atoms with E-state index in [2.05, 4.69) is 27.5 Å². The van der Waals surface area contributed by atoms with Gasteiger partial charge in [-0.1, -0.05) is 43.4 Å². The predicted molar refractivity (Wildman–Crippen MR) is 91.5 cm³/mol. The Morgan fingerprint density at radius 2 is 2.17 bits per heavy atom. The van der Waals surface area contributed by atoms with Gasteiger partial charge in [0.25, 0.3) is 5.91 Å². The van der Waals surface area contributed by atoms with Gasteiger partial charge in [-0.25, -0.2) is 4.68 Å². The molecule has 3 rings (SSSR count). The van der Waals surface area contributed by atoms with Crippen LogP contribution in [0.2, 0.25) is 0 Å². The van der Waals surface area contributed by atoms with Crippen LogP contribution in [0.4, 0.5) is 0 Å². The van der Waals surface area contributed by atoms with Crippen molar-refractivity contribution in [2.24, 2.45) is 5.92 Å². The molecule has 2 heterocycles. The zero-order valence-electron chi connectivity index (χ0n) is 14.2. The van der Waals surface area contributed by atoms with E-state index in [4.69, 9.17) is 0 Å². The molecule has 1 amide bonds. The summed E-state index contributed by atoms with van der Waals surface area (Å²) in [5, 5.41) is 11.1. The number of rotatable bonds is 6. The second-order valence-electron chi connectivity index (χ2n) is 6.74. The van der Waals surface area contributed by atoms with E-state index >= 15 is 0 Å². The number of aromatic nitrogens is 4. The highest BCUT2D eigenvalue weighted by Gasteiger charge is 2.19. The minimum absolute atomic E-state index is 0.148. The Balaban J connectivity index is 1.51. The Morgan fingerprint density at radius 3 is 2.92 bits per heavy atom. The minimum atomic E-state index is -0.148. The van der Waals surface area contributed by atoms with E-state index in [0.29, 0.717) is 12.2 Å². The molecule has 0 spiro atoms. The number of carbonyl (C=O) groups is 1. The lowest BCUT2D eigenvalue weighted by molar-refractivity contribution is 0.0928. The van der Waals surface area contributed by atoms with Crippen molar-refractivity contribution in [3.05, 3.63) is 42.0 Å². The highest BCUT2D eigenvalue weighted by Crippen LogP contribution is 2.27. The lowest BCUT2D eigenvalue weighted by Gasteiger charge is -2.24. The Morgan fingerprint density at radius 1 is 1.33 bits per heavy atom. The molecule has 1 saturated carbocycles. The molecule has 1 atom stereocenters. The van der Waals surface area contributed by atoms with Crippen LogP contribution >= 0.6 is 0 Å². The van der Waals surface area contributed by atoms with Crippen molar-refractivity contribution < 1.29 is 4.79 Å². The first kappa shape index (κ1) is 16.6. The molecule has 128 valence electrons. The van der Waals surface area contributed by atoms with Crippen LogP contribution in [0.5, 0.6) is 0 Å². The van der Waals surface area contributed by atoms with Crippen molar-refractivity contribution in [1.29, 1.82) is 0 Å². The van der Waals surface area contributed by atoms with Gasteiger partial charge in [-0.05, 0) is 31.4 Å². The monoisotopic (exact) mass is 327 g/mol. The van der Waals surface area contributed by atoms with Gasteiger partial charge >= 0.3 is 0 Å². The van der Waals surface area contributed by atoms with Gasteiger partial charge in [-0.3, -0.25) is 9.78 Å². The summed E-state index contributed by atoms with van der Waals surface area (Å²) < 4.78 is 1.64. The molecule has 1 aliphatic carbocycles. The molecule has 0 aromatic carbocycles. The summed E-state index contributed by atoms with van der Waals surface area (Å²) in [6.45, 7) is 2.59. The lowest BCUT2D eigenvalue weighted by atomic mass is 9.85. The molecule has 0 bridgehead atoms. The van der Waals surface area contributed by atoms with Crippen molar-refractivity contribution in [1.82, 2.24) is 25.3 Å². The molecule has 1 fully saturated rings. The molecule has 6 nitrogen and oxygen atoms in total. The van der Waals surface area contributed by atoms with Crippen molar-refractivity contribution in [3.8, 4) is 0 Å². The Labute approximate surface area is 142 Å². The molecule has 0 saturated heterocycles. The molecule has 24 heavy (non-hydrogen) atoms. The summed E-state index contributed by atoms with van der Waals surface area (Å²) in [5.41, 5.74) is 1.25. The number of hydrogen-bond acceptors (Lipinski definition) is 4. The normalized spacial score (nSPS) is 16.7. The summed E-state index contributed by atoms with van der Waals surface area (Å²) >= 11 is 0. The first-order valence-electron chi connectivity index (χ1n) is 8.81.